The summed E-state index contributed by atoms with van der Waals surface area (Å²) in [7, 11) is 3.77. The Morgan fingerprint density at radius 1 is 1.64 bits per heavy atom. The van der Waals surface area contributed by atoms with Gasteiger partial charge in [0.2, 0.25) is 0 Å². The largest absolute Gasteiger partial charge is 0.429 e. The molecule has 0 bridgehead atoms. The average Bonchev–Trinajstić information content (AvgIpc) is 2.37. The molecule has 0 unspecified atom stereocenters. The average molecular weight is 155 g/mol. The molecule has 0 aromatic carbocycles. The number of anilines is 1. The molecule has 0 aliphatic rings. The summed E-state index contributed by atoms with van der Waals surface area (Å²) in [5, 5.41) is 0. The molecule has 0 atom stereocenters. The van der Waals surface area contributed by atoms with Crippen LogP contribution in [0.25, 0.3) is 0 Å². The van der Waals surface area contributed by atoms with Gasteiger partial charge in [-0.1, -0.05) is 0 Å². The molecule has 0 amide bonds. The summed E-state index contributed by atoms with van der Waals surface area (Å²) >= 11 is 0. The van der Waals surface area contributed by atoms with Gasteiger partial charge in [-0.25, -0.2) is 4.98 Å². The Morgan fingerprint density at radius 3 is 2.82 bits per heavy atom. The van der Waals surface area contributed by atoms with Crippen LogP contribution in [0.4, 0.5) is 6.01 Å². The van der Waals surface area contributed by atoms with Crippen molar-refractivity contribution in [2.24, 2.45) is 5.73 Å². The highest BCUT2D eigenvalue weighted by molar-refractivity contribution is 5.22. The number of hydrogen-bond acceptors (Lipinski definition) is 4. The molecule has 0 spiro atoms. The third-order valence-corrected chi connectivity index (χ3v) is 1.31. The van der Waals surface area contributed by atoms with Crippen molar-refractivity contribution in [3.63, 3.8) is 0 Å². The summed E-state index contributed by atoms with van der Waals surface area (Å²) in [6.45, 7) is 0.599. The van der Waals surface area contributed by atoms with Crippen LogP contribution in [0, 0.1) is 0 Å². The van der Waals surface area contributed by atoms with Crippen molar-refractivity contribution in [1.82, 2.24) is 4.98 Å². The van der Waals surface area contributed by atoms with Crippen LogP contribution in [-0.4, -0.2) is 25.6 Å². The molecule has 1 aromatic rings. The van der Waals surface area contributed by atoms with Crippen molar-refractivity contribution >= 4 is 6.01 Å². The van der Waals surface area contributed by atoms with Gasteiger partial charge < -0.3 is 15.1 Å². The standard InChI is InChI=1S/C7H13N3O/c1-10(2)7-9-5-6(11-7)3-4-8/h5H,3-4,8H2,1-2H3. The normalized spacial score (nSPS) is 10.1. The molecule has 11 heavy (non-hydrogen) atoms. The predicted octanol–water partition coefficient (Wildman–Crippen LogP) is 0.242. The molecule has 4 nitrogen and oxygen atoms in total. The lowest BCUT2D eigenvalue weighted by atomic mass is 10.4. The van der Waals surface area contributed by atoms with Crippen LogP contribution in [-0.2, 0) is 6.42 Å². The summed E-state index contributed by atoms with van der Waals surface area (Å²) in [5.41, 5.74) is 5.34. The topological polar surface area (TPSA) is 55.3 Å². The van der Waals surface area contributed by atoms with Crippen molar-refractivity contribution in [3.05, 3.63) is 12.0 Å². The molecule has 0 saturated heterocycles. The van der Waals surface area contributed by atoms with E-state index >= 15 is 0 Å². The third kappa shape index (κ3) is 1.94. The highest BCUT2D eigenvalue weighted by atomic mass is 16.4. The van der Waals surface area contributed by atoms with Crippen molar-refractivity contribution < 1.29 is 4.42 Å². The van der Waals surface area contributed by atoms with Gasteiger partial charge >= 0.3 is 0 Å². The molecule has 2 N–H and O–H groups in total. The summed E-state index contributed by atoms with van der Waals surface area (Å²) in [6.07, 6.45) is 2.46. The van der Waals surface area contributed by atoms with E-state index in [-0.39, 0.29) is 0 Å². The SMILES string of the molecule is CN(C)c1ncc(CCN)o1. The Kier molecular flexibility index (Phi) is 2.48. The second-order valence-corrected chi connectivity index (χ2v) is 2.54. The predicted molar refractivity (Wildman–Crippen MR) is 43.6 cm³/mol. The van der Waals surface area contributed by atoms with Crippen LogP contribution < -0.4 is 10.6 Å². The van der Waals surface area contributed by atoms with Gasteiger partial charge in [0.15, 0.2) is 0 Å². The first-order chi connectivity index (χ1) is 5.24. The Bertz CT molecular complexity index is 219. The fraction of sp³-hybridized carbons (Fsp3) is 0.571. The minimum atomic E-state index is 0.599. The maximum atomic E-state index is 5.34. The van der Waals surface area contributed by atoms with Crippen LogP contribution in [0.2, 0.25) is 0 Å². The molecule has 1 heterocycles. The maximum Gasteiger partial charge on any atom is 0.296 e. The van der Waals surface area contributed by atoms with E-state index in [0.29, 0.717) is 12.6 Å². The van der Waals surface area contributed by atoms with Gasteiger partial charge in [-0.15, -0.1) is 0 Å². The molecule has 0 radical (unpaired) electrons. The van der Waals surface area contributed by atoms with Crippen LogP contribution in [0.15, 0.2) is 10.6 Å². The Balaban J connectivity index is 2.66. The molecule has 0 aliphatic heterocycles. The first-order valence-corrected chi connectivity index (χ1v) is 3.56. The zero-order chi connectivity index (χ0) is 8.27. The monoisotopic (exact) mass is 155 g/mol. The van der Waals surface area contributed by atoms with Crippen LogP contribution in [0.1, 0.15) is 5.76 Å². The van der Waals surface area contributed by atoms with Crippen LogP contribution in [0.5, 0.6) is 0 Å². The van der Waals surface area contributed by atoms with E-state index in [2.05, 4.69) is 4.98 Å². The maximum absolute atomic E-state index is 5.34. The first-order valence-electron chi connectivity index (χ1n) is 3.56. The van der Waals surface area contributed by atoms with Crippen molar-refractivity contribution in [2.45, 2.75) is 6.42 Å². The van der Waals surface area contributed by atoms with Gasteiger partial charge in [-0.05, 0) is 6.54 Å². The highest BCUT2D eigenvalue weighted by Gasteiger charge is 2.03. The molecule has 0 aliphatic carbocycles. The van der Waals surface area contributed by atoms with E-state index in [9.17, 15) is 0 Å². The number of nitrogens with zero attached hydrogens (tertiary/aromatic N) is 2. The minimum absolute atomic E-state index is 0.599. The zero-order valence-corrected chi connectivity index (χ0v) is 6.87. The first kappa shape index (κ1) is 8.07. The lowest BCUT2D eigenvalue weighted by molar-refractivity contribution is 0.506. The zero-order valence-electron chi connectivity index (χ0n) is 6.87. The molecular weight excluding hydrogens is 142 g/mol. The molecular formula is C7H13N3O. The quantitative estimate of drug-likeness (QED) is 0.679. The number of rotatable bonds is 3. The van der Waals surface area contributed by atoms with Gasteiger partial charge in [0.25, 0.3) is 6.01 Å². The molecule has 0 fully saturated rings. The highest BCUT2D eigenvalue weighted by Crippen LogP contribution is 2.10. The van der Waals surface area contributed by atoms with Crippen LogP contribution in [0.3, 0.4) is 0 Å². The lowest BCUT2D eigenvalue weighted by Crippen LogP contribution is -2.08. The fourth-order valence-corrected chi connectivity index (χ4v) is 0.762. The number of hydrogen-bond donors (Lipinski definition) is 1. The van der Waals surface area contributed by atoms with Gasteiger partial charge in [-0.3, -0.25) is 0 Å². The number of nitrogens with two attached hydrogens (primary N) is 1. The Hall–Kier alpha value is -1.03. The summed E-state index contributed by atoms with van der Waals surface area (Å²) in [6, 6.07) is 0.633. The van der Waals surface area contributed by atoms with Crippen molar-refractivity contribution in [1.29, 1.82) is 0 Å². The Morgan fingerprint density at radius 2 is 2.36 bits per heavy atom. The molecule has 62 valence electrons. The van der Waals surface area contributed by atoms with Crippen molar-refractivity contribution in [3.8, 4) is 0 Å². The van der Waals surface area contributed by atoms with Gasteiger partial charge in [0, 0.05) is 20.5 Å². The number of oxazole rings is 1. The number of aromatic nitrogens is 1. The fourth-order valence-electron chi connectivity index (χ4n) is 0.762. The van der Waals surface area contributed by atoms with E-state index < -0.39 is 0 Å². The smallest absolute Gasteiger partial charge is 0.296 e. The summed E-state index contributed by atoms with van der Waals surface area (Å²) in [5.74, 6) is 0.844. The third-order valence-electron chi connectivity index (χ3n) is 1.31. The molecule has 1 aromatic heterocycles. The van der Waals surface area contributed by atoms with E-state index in [4.69, 9.17) is 10.2 Å². The second-order valence-electron chi connectivity index (χ2n) is 2.54. The minimum Gasteiger partial charge on any atom is -0.429 e. The Labute approximate surface area is 66.0 Å². The van der Waals surface area contributed by atoms with Gasteiger partial charge in [0.1, 0.15) is 5.76 Å². The van der Waals surface area contributed by atoms with E-state index in [1.165, 1.54) is 0 Å². The van der Waals surface area contributed by atoms with E-state index in [1.807, 2.05) is 19.0 Å². The van der Waals surface area contributed by atoms with E-state index in [0.717, 1.165) is 12.2 Å². The van der Waals surface area contributed by atoms with Crippen molar-refractivity contribution in [2.75, 3.05) is 25.5 Å². The van der Waals surface area contributed by atoms with Gasteiger partial charge in [-0.2, -0.15) is 0 Å². The summed E-state index contributed by atoms with van der Waals surface area (Å²) < 4.78 is 5.32. The molecule has 0 saturated carbocycles. The molecule has 4 heteroatoms. The van der Waals surface area contributed by atoms with Crippen LogP contribution >= 0.6 is 0 Å². The summed E-state index contributed by atoms with van der Waals surface area (Å²) in [4.78, 5) is 5.86. The van der Waals surface area contributed by atoms with Gasteiger partial charge in [0.05, 0.1) is 6.20 Å². The molecule has 1 rings (SSSR count). The van der Waals surface area contributed by atoms with E-state index in [1.54, 1.807) is 6.20 Å². The second kappa shape index (κ2) is 3.39. The lowest BCUT2D eigenvalue weighted by Gasteiger charge is -2.03.